The maximum atomic E-state index is 11.2. The zero-order valence-corrected chi connectivity index (χ0v) is 12.7. The van der Waals surface area contributed by atoms with E-state index in [0.29, 0.717) is 19.4 Å². The van der Waals surface area contributed by atoms with Crippen molar-refractivity contribution in [3.63, 3.8) is 0 Å². The number of methoxy groups -OCH3 is 1. The van der Waals surface area contributed by atoms with Gasteiger partial charge in [0.15, 0.2) is 6.79 Å². The molecular formula is C18H20O4. The molecule has 4 heteroatoms. The van der Waals surface area contributed by atoms with Crippen molar-refractivity contribution in [3.8, 4) is 5.75 Å². The van der Waals surface area contributed by atoms with E-state index in [1.165, 1.54) is 7.11 Å². The van der Waals surface area contributed by atoms with Crippen LogP contribution in [0.1, 0.15) is 17.5 Å². The lowest BCUT2D eigenvalue weighted by Crippen LogP contribution is -2.06. The molecule has 0 N–H and O–H groups in total. The van der Waals surface area contributed by atoms with Crippen molar-refractivity contribution in [1.82, 2.24) is 0 Å². The summed E-state index contributed by atoms with van der Waals surface area (Å²) in [6.07, 6.45) is 0.920. The van der Waals surface area contributed by atoms with Crippen LogP contribution in [-0.2, 0) is 27.3 Å². The third-order valence-electron chi connectivity index (χ3n) is 3.21. The summed E-state index contributed by atoms with van der Waals surface area (Å²) in [5.41, 5.74) is 2.07. The molecule has 0 bridgehead atoms. The van der Waals surface area contributed by atoms with Gasteiger partial charge in [-0.15, -0.1) is 0 Å². The molecule has 0 aromatic heterocycles. The van der Waals surface area contributed by atoms with Crippen molar-refractivity contribution in [2.45, 2.75) is 19.4 Å². The Morgan fingerprint density at radius 1 is 1.00 bits per heavy atom. The van der Waals surface area contributed by atoms with Crippen LogP contribution in [0.5, 0.6) is 5.75 Å². The lowest BCUT2D eigenvalue weighted by Gasteiger charge is -2.11. The molecule has 0 fully saturated rings. The average molecular weight is 300 g/mol. The van der Waals surface area contributed by atoms with E-state index in [9.17, 15) is 4.79 Å². The second kappa shape index (κ2) is 8.85. The number of carbonyl (C=O) groups is 1. The van der Waals surface area contributed by atoms with Gasteiger partial charge in [0.05, 0.1) is 13.7 Å². The van der Waals surface area contributed by atoms with Crippen LogP contribution in [0.4, 0.5) is 0 Å². The average Bonchev–Trinajstić information content (AvgIpc) is 2.58. The minimum atomic E-state index is -0.227. The first-order chi connectivity index (χ1) is 10.8. The van der Waals surface area contributed by atoms with Crippen molar-refractivity contribution >= 4 is 5.97 Å². The van der Waals surface area contributed by atoms with Crippen LogP contribution in [0.2, 0.25) is 0 Å². The minimum absolute atomic E-state index is 0.171. The van der Waals surface area contributed by atoms with Crippen molar-refractivity contribution < 1.29 is 19.0 Å². The van der Waals surface area contributed by atoms with Crippen LogP contribution in [-0.4, -0.2) is 19.9 Å². The van der Waals surface area contributed by atoms with Gasteiger partial charge < -0.3 is 14.2 Å². The second-order valence-corrected chi connectivity index (χ2v) is 4.78. The molecule has 0 saturated heterocycles. The fourth-order valence-corrected chi connectivity index (χ4v) is 2.03. The normalized spacial score (nSPS) is 10.2. The first-order valence-corrected chi connectivity index (χ1v) is 7.19. The van der Waals surface area contributed by atoms with Gasteiger partial charge in [0.2, 0.25) is 0 Å². The quantitative estimate of drug-likeness (QED) is 0.426. The highest BCUT2D eigenvalue weighted by Gasteiger charge is 2.06. The number of rotatable bonds is 8. The number of hydrogen-bond donors (Lipinski definition) is 0. The molecule has 116 valence electrons. The maximum absolute atomic E-state index is 11.2. The summed E-state index contributed by atoms with van der Waals surface area (Å²) in [5.74, 6) is 0.509. The number of aryl methyl sites for hydroxylation is 1. The summed E-state index contributed by atoms with van der Waals surface area (Å²) in [6.45, 7) is 0.676. The van der Waals surface area contributed by atoms with Crippen LogP contribution in [0, 0.1) is 0 Å². The van der Waals surface area contributed by atoms with Gasteiger partial charge in [-0.05, 0) is 23.6 Å². The number of esters is 1. The molecule has 0 saturated carbocycles. The Balaban J connectivity index is 1.80. The summed E-state index contributed by atoms with van der Waals surface area (Å²) >= 11 is 0. The molecule has 2 rings (SSSR count). The molecule has 0 amide bonds. The van der Waals surface area contributed by atoms with E-state index in [4.69, 9.17) is 9.47 Å². The van der Waals surface area contributed by atoms with Crippen LogP contribution in [0.3, 0.4) is 0 Å². The van der Waals surface area contributed by atoms with E-state index >= 15 is 0 Å². The van der Waals surface area contributed by atoms with Crippen LogP contribution < -0.4 is 4.74 Å². The Kier molecular flexibility index (Phi) is 6.45. The number of para-hydroxylation sites is 1. The standard InChI is InChI=1S/C18H20O4/c1-20-18(19)12-11-16-9-5-6-10-17(16)22-14-21-13-15-7-3-2-4-8-15/h2-10H,11-14H2,1H3. The predicted molar refractivity (Wildman–Crippen MR) is 83.5 cm³/mol. The van der Waals surface area contributed by atoms with Gasteiger partial charge in [-0.3, -0.25) is 4.79 Å². The van der Waals surface area contributed by atoms with Crippen molar-refractivity contribution in [3.05, 3.63) is 65.7 Å². The van der Waals surface area contributed by atoms with Gasteiger partial charge in [-0.25, -0.2) is 0 Å². The third kappa shape index (κ3) is 5.22. The Morgan fingerprint density at radius 3 is 2.50 bits per heavy atom. The van der Waals surface area contributed by atoms with Crippen molar-refractivity contribution in [2.75, 3.05) is 13.9 Å². The van der Waals surface area contributed by atoms with Gasteiger partial charge in [0.1, 0.15) is 5.75 Å². The fraction of sp³-hybridized carbons (Fsp3) is 0.278. The smallest absolute Gasteiger partial charge is 0.305 e. The zero-order chi connectivity index (χ0) is 15.6. The topological polar surface area (TPSA) is 44.8 Å². The lowest BCUT2D eigenvalue weighted by atomic mass is 10.1. The zero-order valence-electron chi connectivity index (χ0n) is 12.7. The molecular weight excluding hydrogens is 280 g/mol. The number of benzene rings is 2. The van der Waals surface area contributed by atoms with Crippen molar-refractivity contribution in [2.24, 2.45) is 0 Å². The molecule has 0 aliphatic carbocycles. The van der Waals surface area contributed by atoms with Gasteiger partial charge in [-0.1, -0.05) is 48.5 Å². The van der Waals surface area contributed by atoms with Gasteiger partial charge in [0.25, 0.3) is 0 Å². The van der Waals surface area contributed by atoms with E-state index in [2.05, 4.69) is 4.74 Å². The third-order valence-corrected chi connectivity index (χ3v) is 3.21. The largest absolute Gasteiger partial charge is 0.469 e. The van der Waals surface area contributed by atoms with E-state index in [-0.39, 0.29) is 12.8 Å². The highest BCUT2D eigenvalue weighted by molar-refractivity contribution is 5.69. The van der Waals surface area contributed by atoms with E-state index in [1.807, 2.05) is 54.6 Å². The number of ether oxygens (including phenoxy) is 3. The number of hydrogen-bond acceptors (Lipinski definition) is 4. The summed E-state index contributed by atoms with van der Waals surface area (Å²) in [5, 5.41) is 0. The van der Waals surface area contributed by atoms with Gasteiger partial charge >= 0.3 is 5.97 Å². The summed E-state index contributed by atoms with van der Waals surface area (Å²) in [4.78, 5) is 11.2. The van der Waals surface area contributed by atoms with Crippen LogP contribution in [0.25, 0.3) is 0 Å². The Morgan fingerprint density at radius 2 is 1.73 bits per heavy atom. The van der Waals surface area contributed by atoms with E-state index in [1.54, 1.807) is 0 Å². The summed E-state index contributed by atoms with van der Waals surface area (Å²) < 4.78 is 15.8. The molecule has 2 aromatic carbocycles. The first-order valence-electron chi connectivity index (χ1n) is 7.19. The molecule has 0 unspecified atom stereocenters. The highest BCUT2D eigenvalue weighted by atomic mass is 16.7. The molecule has 0 spiro atoms. The Labute approximate surface area is 130 Å². The predicted octanol–water partition coefficient (Wildman–Crippen LogP) is 3.35. The maximum Gasteiger partial charge on any atom is 0.305 e. The highest BCUT2D eigenvalue weighted by Crippen LogP contribution is 2.19. The molecule has 0 aliphatic heterocycles. The minimum Gasteiger partial charge on any atom is -0.469 e. The number of carbonyl (C=O) groups excluding carboxylic acids is 1. The first kappa shape index (κ1) is 16.0. The molecule has 0 radical (unpaired) electrons. The molecule has 0 atom stereocenters. The van der Waals surface area contributed by atoms with E-state index < -0.39 is 0 Å². The lowest BCUT2D eigenvalue weighted by molar-refractivity contribution is -0.140. The molecule has 0 aliphatic rings. The van der Waals surface area contributed by atoms with E-state index in [0.717, 1.165) is 16.9 Å². The second-order valence-electron chi connectivity index (χ2n) is 4.78. The van der Waals surface area contributed by atoms with Gasteiger partial charge in [-0.2, -0.15) is 0 Å². The van der Waals surface area contributed by atoms with Crippen LogP contribution in [0.15, 0.2) is 54.6 Å². The molecule has 4 nitrogen and oxygen atoms in total. The monoisotopic (exact) mass is 300 g/mol. The summed E-state index contributed by atoms with van der Waals surface area (Å²) in [6, 6.07) is 17.6. The molecule has 2 aromatic rings. The SMILES string of the molecule is COC(=O)CCc1ccccc1OCOCc1ccccc1. The van der Waals surface area contributed by atoms with Gasteiger partial charge in [0, 0.05) is 6.42 Å². The Bertz CT molecular complexity index is 581. The van der Waals surface area contributed by atoms with Crippen LogP contribution >= 0.6 is 0 Å². The molecule has 0 heterocycles. The molecule has 22 heavy (non-hydrogen) atoms. The summed E-state index contributed by atoms with van der Waals surface area (Å²) in [7, 11) is 1.39. The van der Waals surface area contributed by atoms with Crippen molar-refractivity contribution in [1.29, 1.82) is 0 Å². The Hall–Kier alpha value is -2.33. The fourth-order valence-electron chi connectivity index (χ4n) is 2.03.